The second-order valence-electron chi connectivity index (χ2n) is 6.61. The quantitative estimate of drug-likeness (QED) is 0.542. The van der Waals surface area contributed by atoms with Gasteiger partial charge in [-0.3, -0.25) is 9.59 Å². The first-order valence-corrected chi connectivity index (χ1v) is 10.2. The Balaban J connectivity index is 1.47. The summed E-state index contributed by atoms with van der Waals surface area (Å²) in [6.45, 7) is 3.72. The molecular formula is C22H21FN2O4S. The van der Waals surface area contributed by atoms with E-state index >= 15 is 0 Å². The number of hydrogen-bond acceptors (Lipinski definition) is 6. The summed E-state index contributed by atoms with van der Waals surface area (Å²) in [5, 5.41) is 4.87. The van der Waals surface area contributed by atoms with Gasteiger partial charge in [0.05, 0.1) is 17.8 Å². The standard InChI is InChI=1S/C22H21FN2O4S/c1-14-7-9-17(10-8-14)28-12-20-24-16(13-30-20)11-21(26)29-15(2)22(27)25-19-6-4-3-5-18(19)23/h3-10,13,15H,11-12H2,1-2H3,(H,25,27). The van der Waals surface area contributed by atoms with Crippen molar-refractivity contribution in [3.05, 3.63) is 76.0 Å². The molecule has 1 N–H and O–H groups in total. The summed E-state index contributed by atoms with van der Waals surface area (Å²) in [4.78, 5) is 28.6. The number of aryl methyl sites for hydroxylation is 1. The van der Waals surface area contributed by atoms with Crippen molar-refractivity contribution in [3.63, 3.8) is 0 Å². The highest BCUT2D eigenvalue weighted by Crippen LogP contribution is 2.17. The number of carbonyl (C=O) groups excluding carboxylic acids is 2. The van der Waals surface area contributed by atoms with Crippen molar-refractivity contribution in [2.24, 2.45) is 0 Å². The van der Waals surface area contributed by atoms with E-state index in [2.05, 4.69) is 10.3 Å². The Morgan fingerprint density at radius 3 is 2.63 bits per heavy atom. The highest BCUT2D eigenvalue weighted by Gasteiger charge is 2.20. The molecule has 0 bridgehead atoms. The van der Waals surface area contributed by atoms with Crippen LogP contribution in [-0.4, -0.2) is 23.0 Å². The van der Waals surface area contributed by atoms with E-state index in [1.807, 2.05) is 31.2 Å². The molecule has 0 saturated carbocycles. The number of para-hydroxylation sites is 1. The molecule has 6 nitrogen and oxygen atoms in total. The Hall–Kier alpha value is -3.26. The first-order valence-electron chi connectivity index (χ1n) is 9.28. The van der Waals surface area contributed by atoms with Gasteiger partial charge < -0.3 is 14.8 Å². The molecule has 2 aromatic carbocycles. The predicted octanol–water partition coefficient (Wildman–Crippen LogP) is 4.28. The monoisotopic (exact) mass is 428 g/mol. The number of esters is 1. The smallest absolute Gasteiger partial charge is 0.312 e. The second kappa shape index (κ2) is 9.98. The van der Waals surface area contributed by atoms with Gasteiger partial charge in [-0.25, -0.2) is 9.37 Å². The van der Waals surface area contributed by atoms with E-state index in [0.717, 1.165) is 16.3 Å². The number of nitrogens with one attached hydrogen (secondary N) is 1. The zero-order valence-corrected chi connectivity index (χ0v) is 17.4. The zero-order valence-electron chi connectivity index (χ0n) is 16.6. The van der Waals surface area contributed by atoms with Crippen molar-refractivity contribution in [2.75, 3.05) is 5.32 Å². The first kappa shape index (κ1) is 21.4. The van der Waals surface area contributed by atoms with E-state index in [0.29, 0.717) is 12.3 Å². The molecule has 1 atom stereocenters. The Labute approximate surface area is 177 Å². The SMILES string of the molecule is Cc1ccc(OCc2nc(CC(=O)OC(C)C(=O)Nc3ccccc3F)cs2)cc1. The Morgan fingerprint density at radius 1 is 1.17 bits per heavy atom. The van der Waals surface area contributed by atoms with Crippen LogP contribution in [0.25, 0.3) is 0 Å². The molecule has 0 aliphatic carbocycles. The van der Waals surface area contributed by atoms with Crippen LogP contribution in [0.1, 0.15) is 23.2 Å². The van der Waals surface area contributed by atoms with Crippen molar-refractivity contribution in [1.82, 2.24) is 4.98 Å². The van der Waals surface area contributed by atoms with Gasteiger partial charge in [-0.2, -0.15) is 0 Å². The lowest BCUT2D eigenvalue weighted by Gasteiger charge is -2.13. The number of ether oxygens (including phenoxy) is 2. The molecule has 30 heavy (non-hydrogen) atoms. The highest BCUT2D eigenvalue weighted by atomic mass is 32.1. The lowest BCUT2D eigenvalue weighted by Crippen LogP contribution is -2.30. The minimum atomic E-state index is -1.07. The number of nitrogens with zero attached hydrogens (tertiary/aromatic N) is 1. The predicted molar refractivity (Wildman–Crippen MR) is 112 cm³/mol. The maximum absolute atomic E-state index is 13.6. The molecule has 0 saturated heterocycles. The van der Waals surface area contributed by atoms with E-state index < -0.39 is 23.8 Å². The molecule has 3 rings (SSSR count). The highest BCUT2D eigenvalue weighted by molar-refractivity contribution is 7.09. The molecule has 0 spiro atoms. The molecule has 1 amide bonds. The third-order valence-electron chi connectivity index (χ3n) is 4.12. The van der Waals surface area contributed by atoms with Crippen LogP contribution in [0.5, 0.6) is 5.75 Å². The molecule has 1 unspecified atom stereocenters. The van der Waals surface area contributed by atoms with Crippen LogP contribution >= 0.6 is 11.3 Å². The average molecular weight is 428 g/mol. The van der Waals surface area contributed by atoms with Crippen LogP contribution in [-0.2, 0) is 27.4 Å². The van der Waals surface area contributed by atoms with E-state index in [4.69, 9.17) is 9.47 Å². The number of carbonyl (C=O) groups is 2. The van der Waals surface area contributed by atoms with Crippen LogP contribution in [0, 0.1) is 12.7 Å². The fraction of sp³-hybridized carbons (Fsp3) is 0.227. The average Bonchev–Trinajstić information content (AvgIpc) is 3.16. The third-order valence-corrected chi connectivity index (χ3v) is 4.99. The van der Waals surface area contributed by atoms with Gasteiger partial charge in [0.25, 0.3) is 5.91 Å². The molecule has 0 aliphatic rings. The molecule has 156 valence electrons. The number of anilines is 1. The summed E-state index contributed by atoms with van der Waals surface area (Å²) in [6, 6.07) is 13.5. The fourth-order valence-corrected chi connectivity index (χ4v) is 3.22. The van der Waals surface area contributed by atoms with Gasteiger partial charge in [-0.1, -0.05) is 29.8 Å². The molecule has 0 fully saturated rings. The normalized spacial score (nSPS) is 11.6. The largest absolute Gasteiger partial charge is 0.486 e. The molecular weight excluding hydrogens is 407 g/mol. The van der Waals surface area contributed by atoms with E-state index in [1.54, 1.807) is 11.4 Å². The van der Waals surface area contributed by atoms with Gasteiger partial charge in [0, 0.05) is 5.38 Å². The van der Waals surface area contributed by atoms with Gasteiger partial charge in [0.2, 0.25) is 0 Å². The van der Waals surface area contributed by atoms with Gasteiger partial charge in [-0.15, -0.1) is 11.3 Å². The molecule has 1 aromatic heterocycles. The Morgan fingerprint density at radius 2 is 1.90 bits per heavy atom. The van der Waals surface area contributed by atoms with Gasteiger partial charge >= 0.3 is 5.97 Å². The summed E-state index contributed by atoms with van der Waals surface area (Å²) in [7, 11) is 0. The molecule has 0 radical (unpaired) electrons. The maximum atomic E-state index is 13.6. The molecule has 0 aliphatic heterocycles. The topological polar surface area (TPSA) is 77.5 Å². The van der Waals surface area contributed by atoms with Crippen molar-refractivity contribution in [3.8, 4) is 5.75 Å². The number of aromatic nitrogens is 1. The molecule has 8 heteroatoms. The minimum Gasteiger partial charge on any atom is -0.486 e. The summed E-state index contributed by atoms with van der Waals surface area (Å²) in [5.41, 5.74) is 1.71. The summed E-state index contributed by atoms with van der Waals surface area (Å²) < 4.78 is 24.4. The second-order valence-corrected chi connectivity index (χ2v) is 7.55. The lowest BCUT2D eigenvalue weighted by atomic mass is 10.2. The third kappa shape index (κ3) is 6.12. The molecule has 1 heterocycles. The number of thiazole rings is 1. The molecule has 3 aromatic rings. The fourth-order valence-electron chi connectivity index (χ4n) is 2.51. The zero-order chi connectivity index (χ0) is 21.5. The lowest BCUT2D eigenvalue weighted by molar-refractivity contribution is -0.152. The van der Waals surface area contributed by atoms with Crippen molar-refractivity contribution >= 4 is 28.9 Å². The van der Waals surface area contributed by atoms with Gasteiger partial charge in [0.15, 0.2) is 6.10 Å². The minimum absolute atomic E-state index is 0.0307. The van der Waals surface area contributed by atoms with Crippen LogP contribution < -0.4 is 10.1 Å². The van der Waals surface area contributed by atoms with Crippen LogP contribution in [0.2, 0.25) is 0 Å². The summed E-state index contributed by atoms with van der Waals surface area (Å²) in [5.74, 6) is -1.03. The number of rotatable bonds is 8. The van der Waals surface area contributed by atoms with Crippen molar-refractivity contribution in [1.29, 1.82) is 0 Å². The number of benzene rings is 2. The van der Waals surface area contributed by atoms with Gasteiger partial charge in [0.1, 0.15) is 23.2 Å². The van der Waals surface area contributed by atoms with E-state index in [-0.39, 0.29) is 12.1 Å². The summed E-state index contributed by atoms with van der Waals surface area (Å²) >= 11 is 1.38. The Kier molecular flexibility index (Phi) is 7.13. The van der Waals surface area contributed by atoms with Crippen molar-refractivity contribution in [2.45, 2.75) is 33.0 Å². The first-order chi connectivity index (χ1) is 14.4. The Bertz CT molecular complexity index is 1020. The van der Waals surface area contributed by atoms with Crippen molar-refractivity contribution < 1.29 is 23.5 Å². The summed E-state index contributed by atoms with van der Waals surface area (Å²) in [6.07, 6.45) is -1.14. The van der Waals surface area contributed by atoms with Gasteiger partial charge in [-0.05, 0) is 38.1 Å². The van der Waals surface area contributed by atoms with Crippen LogP contribution in [0.3, 0.4) is 0 Å². The van der Waals surface area contributed by atoms with E-state index in [9.17, 15) is 14.0 Å². The number of halogens is 1. The van der Waals surface area contributed by atoms with Crippen LogP contribution in [0.4, 0.5) is 10.1 Å². The number of hydrogen-bond donors (Lipinski definition) is 1. The van der Waals surface area contributed by atoms with Crippen LogP contribution in [0.15, 0.2) is 53.9 Å². The number of amides is 1. The van der Waals surface area contributed by atoms with E-state index in [1.165, 1.54) is 36.5 Å². The maximum Gasteiger partial charge on any atom is 0.312 e.